The van der Waals surface area contributed by atoms with E-state index in [0.717, 1.165) is 11.8 Å². The van der Waals surface area contributed by atoms with Gasteiger partial charge in [0.1, 0.15) is 0 Å². The Morgan fingerprint density at radius 2 is 1.85 bits per heavy atom. The molecule has 0 rings (SSSR count). The zero-order valence-corrected chi connectivity index (χ0v) is 9.72. The second kappa shape index (κ2) is 6.34. The molecule has 0 unspecified atom stereocenters. The first-order chi connectivity index (χ1) is 6.16. The number of methoxy groups -OCH3 is 3. The molecule has 0 aromatic carbocycles. The van der Waals surface area contributed by atoms with Crippen molar-refractivity contribution in [2.75, 3.05) is 26.7 Å². The van der Waals surface area contributed by atoms with Crippen LogP contribution in [0.1, 0.15) is 12.8 Å². The summed E-state index contributed by atoms with van der Waals surface area (Å²) in [6, 6.07) is 0. The predicted octanol–water partition coefficient (Wildman–Crippen LogP) is 1.32. The average molecular weight is 255 g/mol. The molecule has 0 aliphatic carbocycles. The Morgan fingerprint density at radius 3 is 2.15 bits per heavy atom. The maximum atomic E-state index is 11.3. The van der Waals surface area contributed by atoms with Crippen LogP contribution in [0.5, 0.6) is 0 Å². The summed E-state index contributed by atoms with van der Waals surface area (Å²) in [7, 11) is 4.16. The fraction of sp³-hybridized carbons (Fsp3) is 0.875. The highest BCUT2D eigenvalue weighted by molar-refractivity contribution is 9.09. The smallest absolute Gasteiger partial charge is 0.366 e. The van der Waals surface area contributed by atoms with E-state index in [2.05, 4.69) is 20.7 Å². The molecule has 0 spiro atoms. The Kier molecular flexibility index (Phi) is 6.28. The molecule has 0 amide bonds. The number of carbonyl (C=O) groups is 1. The standard InChI is InChI=1S/C8H15BrO4/c1-11-7(10)8(12-2,13-3)5-4-6-9/h4-6H2,1-3H3. The first-order valence-corrected chi connectivity index (χ1v) is 5.03. The Balaban J connectivity index is 4.39. The molecule has 0 fully saturated rings. The number of hydrogen-bond acceptors (Lipinski definition) is 4. The van der Waals surface area contributed by atoms with Crippen molar-refractivity contribution >= 4 is 21.9 Å². The van der Waals surface area contributed by atoms with Gasteiger partial charge in [-0.3, -0.25) is 0 Å². The number of ether oxygens (including phenoxy) is 3. The van der Waals surface area contributed by atoms with Crippen molar-refractivity contribution in [2.24, 2.45) is 0 Å². The summed E-state index contributed by atoms with van der Waals surface area (Å²) in [5, 5.41) is 0.790. The van der Waals surface area contributed by atoms with Crippen LogP contribution in [0.2, 0.25) is 0 Å². The number of esters is 1. The third-order valence-electron chi connectivity index (χ3n) is 1.80. The molecule has 0 N–H and O–H groups in total. The molecule has 0 radical (unpaired) electrons. The maximum absolute atomic E-state index is 11.3. The maximum Gasteiger partial charge on any atom is 0.366 e. The van der Waals surface area contributed by atoms with Crippen LogP contribution in [0.25, 0.3) is 0 Å². The van der Waals surface area contributed by atoms with Gasteiger partial charge in [0.15, 0.2) is 0 Å². The predicted molar refractivity (Wildman–Crippen MR) is 51.8 cm³/mol. The Hall–Kier alpha value is -0.130. The second-order valence-corrected chi connectivity index (χ2v) is 3.24. The number of halogens is 1. The molecule has 0 aromatic heterocycles. The van der Waals surface area contributed by atoms with Crippen LogP contribution < -0.4 is 0 Å². The van der Waals surface area contributed by atoms with E-state index < -0.39 is 11.8 Å². The van der Waals surface area contributed by atoms with Crippen LogP contribution in [-0.4, -0.2) is 38.4 Å². The van der Waals surface area contributed by atoms with Gasteiger partial charge in [0, 0.05) is 26.0 Å². The molecule has 0 atom stereocenters. The van der Waals surface area contributed by atoms with Crippen molar-refractivity contribution < 1.29 is 19.0 Å². The Bertz CT molecular complexity index is 156. The van der Waals surface area contributed by atoms with E-state index in [1.165, 1.54) is 21.3 Å². The SMILES string of the molecule is COC(=O)C(CCCBr)(OC)OC. The summed E-state index contributed by atoms with van der Waals surface area (Å²) >= 11 is 3.27. The van der Waals surface area contributed by atoms with Crippen LogP contribution in [0.15, 0.2) is 0 Å². The fourth-order valence-corrected chi connectivity index (χ4v) is 1.29. The lowest BCUT2D eigenvalue weighted by Gasteiger charge is -2.27. The lowest BCUT2D eigenvalue weighted by atomic mass is 10.1. The summed E-state index contributed by atoms with van der Waals surface area (Å²) in [5.41, 5.74) is 0. The minimum Gasteiger partial charge on any atom is -0.465 e. The minimum absolute atomic E-state index is 0.470. The van der Waals surface area contributed by atoms with Crippen molar-refractivity contribution in [3.63, 3.8) is 0 Å². The van der Waals surface area contributed by atoms with Gasteiger partial charge >= 0.3 is 5.97 Å². The normalized spacial score (nSPS) is 11.4. The lowest BCUT2D eigenvalue weighted by molar-refractivity contribution is -0.230. The van der Waals surface area contributed by atoms with E-state index in [0.29, 0.717) is 6.42 Å². The number of hydrogen-bond donors (Lipinski definition) is 0. The summed E-state index contributed by atoms with van der Waals surface area (Å²) in [6.45, 7) is 0. The van der Waals surface area contributed by atoms with Crippen molar-refractivity contribution in [3.8, 4) is 0 Å². The van der Waals surface area contributed by atoms with Crippen molar-refractivity contribution in [2.45, 2.75) is 18.6 Å². The van der Waals surface area contributed by atoms with Crippen LogP contribution >= 0.6 is 15.9 Å². The van der Waals surface area contributed by atoms with Crippen molar-refractivity contribution in [3.05, 3.63) is 0 Å². The van der Waals surface area contributed by atoms with E-state index in [1.54, 1.807) is 0 Å². The Labute approximate surface area is 86.7 Å². The molecule has 0 saturated heterocycles. The molecular formula is C8H15BrO4. The summed E-state index contributed by atoms with van der Waals surface area (Å²) in [5.74, 6) is -1.75. The van der Waals surface area contributed by atoms with Gasteiger partial charge in [0.2, 0.25) is 0 Å². The molecule has 4 nitrogen and oxygen atoms in total. The van der Waals surface area contributed by atoms with Gasteiger partial charge < -0.3 is 14.2 Å². The third-order valence-corrected chi connectivity index (χ3v) is 2.36. The van der Waals surface area contributed by atoms with Gasteiger partial charge in [0.05, 0.1) is 7.11 Å². The van der Waals surface area contributed by atoms with Crippen LogP contribution in [-0.2, 0) is 19.0 Å². The molecule has 0 aliphatic heterocycles. The van der Waals surface area contributed by atoms with Crippen LogP contribution in [0.4, 0.5) is 0 Å². The molecule has 13 heavy (non-hydrogen) atoms. The highest BCUT2D eigenvalue weighted by Gasteiger charge is 2.39. The summed E-state index contributed by atoms with van der Waals surface area (Å²) in [6.07, 6.45) is 1.24. The molecule has 0 saturated carbocycles. The summed E-state index contributed by atoms with van der Waals surface area (Å²) < 4.78 is 14.6. The first kappa shape index (κ1) is 12.9. The highest BCUT2D eigenvalue weighted by Crippen LogP contribution is 2.20. The zero-order chi connectivity index (χ0) is 10.3. The van der Waals surface area contributed by atoms with Crippen molar-refractivity contribution in [1.29, 1.82) is 0 Å². The molecule has 0 aromatic rings. The Morgan fingerprint density at radius 1 is 1.31 bits per heavy atom. The van der Waals surface area contributed by atoms with Crippen LogP contribution in [0, 0.1) is 0 Å². The second-order valence-electron chi connectivity index (χ2n) is 2.45. The molecule has 0 heterocycles. The highest BCUT2D eigenvalue weighted by atomic mass is 79.9. The largest absolute Gasteiger partial charge is 0.465 e. The number of alkyl halides is 1. The molecule has 0 aliphatic rings. The third kappa shape index (κ3) is 3.25. The minimum atomic E-state index is -1.25. The van der Waals surface area contributed by atoms with E-state index in [1.807, 2.05) is 0 Å². The van der Waals surface area contributed by atoms with E-state index in [4.69, 9.17) is 9.47 Å². The first-order valence-electron chi connectivity index (χ1n) is 3.91. The number of rotatable bonds is 6. The molecule has 78 valence electrons. The van der Waals surface area contributed by atoms with E-state index in [9.17, 15) is 4.79 Å². The zero-order valence-electron chi connectivity index (χ0n) is 8.13. The van der Waals surface area contributed by atoms with Gasteiger partial charge in [-0.25, -0.2) is 4.79 Å². The van der Waals surface area contributed by atoms with Crippen LogP contribution in [0.3, 0.4) is 0 Å². The number of carbonyl (C=O) groups excluding carboxylic acids is 1. The van der Waals surface area contributed by atoms with Crippen molar-refractivity contribution in [1.82, 2.24) is 0 Å². The monoisotopic (exact) mass is 254 g/mol. The van der Waals surface area contributed by atoms with Gasteiger partial charge in [-0.15, -0.1) is 0 Å². The van der Waals surface area contributed by atoms with Gasteiger partial charge in [-0.05, 0) is 6.42 Å². The van der Waals surface area contributed by atoms with E-state index >= 15 is 0 Å². The molecule has 5 heteroatoms. The molecule has 0 bridgehead atoms. The quantitative estimate of drug-likeness (QED) is 0.408. The summed E-state index contributed by atoms with van der Waals surface area (Å²) in [4.78, 5) is 11.3. The van der Waals surface area contributed by atoms with Gasteiger partial charge in [0.25, 0.3) is 5.79 Å². The molecular weight excluding hydrogens is 240 g/mol. The topological polar surface area (TPSA) is 44.8 Å². The average Bonchev–Trinajstić information content (AvgIpc) is 2.19. The lowest BCUT2D eigenvalue weighted by Crippen LogP contribution is -2.43. The van der Waals surface area contributed by atoms with Gasteiger partial charge in [-0.2, -0.15) is 0 Å². The van der Waals surface area contributed by atoms with E-state index in [-0.39, 0.29) is 0 Å². The fourth-order valence-electron chi connectivity index (χ4n) is 1.01. The van der Waals surface area contributed by atoms with Gasteiger partial charge in [-0.1, -0.05) is 15.9 Å².